The van der Waals surface area contributed by atoms with Gasteiger partial charge in [-0.1, -0.05) is 25.1 Å². The lowest BCUT2D eigenvalue weighted by Gasteiger charge is -2.24. The maximum absolute atomic E-state index is 13.2. The van der Waals surface area contributed by atoms with E-state index in [4.69, 9.17) is 4.98 Å². The summed E-state index contributed by atoms with van der Waals surface area (Å²) in [4.78, 5) is 18.1. The second-order valence-corrected chi connectivity index (χ2v) is 7.75. The van der Waals surface area contributed by atoms with Gasteiger partial charge in [-0.25, -0.2) is 0 Å². The zero-order valence-corrected chi connectivity index (χ0v) is 15.5. The Balaban J connectivity index is 1.51. The van der Waals surface area contributed by atoms with E-state index in [2.05, 4.69) is 27.0 Å². The van der Waals surface area contributed by atoms with Crippen molar-refractivity contribution in [1.82, 2.24) is 25.1 Å². The molecular formula is C21H23N5O. The number of amides is 1. The zero-order chi connectivity index (χ0) is 18.4. The summed E-state index contributed by atoms with van der Waals surface area (Å²) in [5.41, 5.74) is 3.90. The van der Waals surface area contributed by atoms with E-state index in [1.807, 2.05) is 24.3 Å². The Morgan fingerprint density at radius 3 is 3.07 bits per heavy atom. The normalized spacial score (nSPS) is 18.3. The molecule has 27 heavy (non-hydrogen) atoms. The largest absolute Gasteiger partial charge is 0.345 e. The fourth-order valence-electron chi connectivity index (χ4n) is 4.41. The smallest absolute Gasteiger partial charge is 0.252 e. The number of nitrogens with one attached hydrogen (secondary N) is 1. The molecule has 0 fully saturated rings. The first-order valence-electron chi connectivity index (χ1n) is 9.80. The van der Waals surface area contributed by atoms with Crippen LogP contribution in [0.3, 0.4) is 0 Å². The summed E-state index contributed by atoms with van der Waals surface area (Å²) in [6.07, 6.45) is 5.06. The molecule has 1 aliphatic heterocycles. The second kappa shape index (κ2) is 6.44. The van der Waals surface area contributed by atoms with E-state index in [1.54, 1.807) is 0 Å². The van der Waals surface area contributed by atoms with E-state index >= 15 is 0 Å². The van der Waals surface area contributed by atoms with Crippen LogP contribution in [-0.2, 0) is 32.4 Å². The molecular weight excluding hydrogens is 338 g/mol. The third kappa shape index (κ3) is 2.80. The van der Waals surface area contributed by atoms with E-state index < -0.39 is 0 Å². The number of carbonyl (C=O) groups is 1. The summed E-state index contributed by atoms with van der Waals surface area (Å²) >= 11 is 0. The standard InChI is InChI=1S/C21H23N5O/c1-13-8-9-17-15(11-13)20(14-5-2-3-6-16(14)23-17)21(27)22-12-19-25-24-18-7-4-10-26(18)19/h2-3,5-6,13H,4,7-12H2,1H3,(H,22,27)/t13-/m0/s1. The van der Waals surface area contributed by atoms with Gasteiger partial charge in [0.1, 0.15) is 5.82 Å². The Labute approximate surface area is 158 Å². The molecule has 1 N–H and O–H groups in total. The lowest BCUT2D eigenvalue weighted by Crippen LogP contribution is -2.28. The molecule has 6 nitrogen and oxygen atoms in total. The maximum atomic E-state index is 13.2. The Hall–Kier alpha value is -2.76. The number of nitrogens with zero attached hydrogens (tertiary/aromatic N) is 4. The van der Waals surface area contributed by atoms with Gasteiger partial charge >= 0.3 is 0 Å². The lowest BCUT2D eigenvalue weighted by atomic mass is 9.84. The molecule has 1 atom stereocenters. The van der Waals surface area contributed by atoms with Crippen LogP contribution in [0.5, 0.6) is 0 Å². The summed E-state index contributed by atoms with van der Waals surface area (Å²) in [5.74, 6) is 2.41. The van der Waals surface area contributed by atoms with Crippen LogP contribution in [-0.4, -0.2) is 25.7 Å². The first-order chi connectivity index (χ1) is 13.2. The lowest BCUT2D eigenvalue weighted by molar-refractivity contribution is 0.0949. The van der Waals surface area contributed by atoms with Gasteiger partial charge in [0, 0.05) is 24.0 Å². The zero-order valence-electron chi connectivity index (χ0n) is 15.5. The molecule has 0 spiro atoms. The number of benzene rings is 1. The molecule has 0 radical (unpaired) electrons. The third-order valence-electron chi connectivity index (χ3n) is 5.83. The Morgan fingerprint density at radius 1 is 1.26 bits per heavy atom. The first-order valence-corrected chi connectivity index (χ1v) is 9.80. The molecule has 2 aromatic heterocycles. The van der Waals surface area contributed by atoms with Crippen molar-refractivity contribution in [3.8, 4) is 0 Å². The van der Waals surface area contributed by atoms with Crippen LogP contribution < -0.4 is 5.32 Å². The summed E-state index contributed by atoms with van der Waals surface area (Å²) < 4.78 is 2.13. The number of aromatic nitrogens is 4. The van der Waals surface area contributed by atoms with Gasteiger partial charge < -0.3 is 9.88 Å². The van der Waals surface area contributed by atoms with Crippen molar-refractivity contribution in [2.45, 2.75) is 52.1 Å². The van der Waals surface area contributed by atoms with Crippen LogP contribution in [0.2, 0.25) is 0 Å². The molecule has 1 aromatic carbocycles. The molecule has 6 heteroatoms. The van der Waals surface area contributed by atoms with Crippen molar-refractivity contribution in [3.63, 3.8) is 0 Å². The number of para-hydroxylation sites is 1. The Morgan fingerprint density at radius 2 is 2.15 bits per heavy atom. The van der Waals surface area contributed by atoms with E-state index in [1.165, 1.54) is 0 Å². The van der Waals surface area contributed by atoms with Crippen LogP contribution in [0.25, 0.3) is 10.9 Å². The summed E-state index contributed by atoms with van der Waals surface area (Å²) in [6, 6.07) is 7.96. The van der Waals surface area contributed by atoms with Gasteiger partial charge in [-0.2, -0.15) is 0 Å². The van der Waals surface area contributed by atoms with Crippen molar-refractivity contribution in [2.75, 3.05) is 0 Å². The van der Waals surface area contributed by atoms with E-state index in [9.17, 15) is 4.79 Å². The molecule has 0 saturated carbocycles. The summed E-state index contributed by atoms with van der Waals surface area (Å²) in [7, 11) is 0. The highest BCUT2D eigenvalue weighted by Crippen LogP contribution is 2.31. The molecule has 0 unspecified atom stereocenters. The minimum atomic E-state index is -0.0331. The van der Waals surface area contributed by atoms with E-state index in [0.29, 0.717) is 12.5 Å². The average molecular weight is 361 g/mol. The summed E-state index contributed by atoms with van der Waals surface area (Å²) in [5, 5.41) is 12.5. The Kier molecular flexibility index (Phi) is 3.92. The van der Waals surface area contributed by atoms with Crippen molar-refractivity contribution < 1.29 is 4.79 Å². The van der Waals surface area contributed by atoms with Crippen LogP contribution >= 0.6 is 0 Å². The molecule has 2 aliphatic rings. The maximum Gasteiger partial charge on any atom is 0.252 e. The van der Waals surface area contributed by atoms with Crippen LogP contribution in [0.1, 0.15) is 53.0 Å². The number of hydrogen-bond acceptors (Lipinski definition) is 4. The Bertz CT molecular complexity index is 1040. The molecule has 3 aromatic rings. The first kappa shape index (κ1) is 16.4. The van der Waals surface area contributed by atoms with Gasteiger partial charge in [0.15, 0.2) is 5.82 Å². The molecule has 3 heterocycles. The van der Waals surface area contributed by atoms with Gasteiger partial charge in [0.05, 0.1) is 17.6 Å². The SMILES string of the molecule is C[C@H]1CCc2nc3ccccc3c(C(=O)NCc3nnc4n3CCC4)c2C1. The molecule has 5 rings (SSSR count). The van der Waals surface area contributed by atoms with Crippen LogP contribution in [0.15, 0.2) is 24.3 Å². The monoisotopic (exact) mass is 361 g/mol. The number of hydrogen-bond donors (Lipinski definition) is 1. The molecule has 1 amide bonds. The topological polar surface area (TPSA) is 72.7 Å². The van der Waals surface area contributed by atoms with E-state index in [0.717, 1.165) is 78.0 Å². The van der Waals surface area contributed by atoms with Gasteiger partial charge in [0.25, 0.3) is 5.91 Å². The van der Waals surface area contributed by atoms with E-state index in [-0.39, 0.29) is 5.91 Å². The van der Waals surface area contributed by atoms with Gasteiger partial charge in [-0.15, -0.1) is 10.2 Å². The van der Waals surface area contributed by atoms with Crippen LogP contribution in [0.4, 0.5) is 0 Å². The van der Waals surface area contributed by atoms with Gasteiger partial charge in [0.2, 0.25) is 0 Å². The molecule has 0 bridgehead atoms. The van der Waals surface area contributed by atoms with Crippen molar-refractivity contribution in [2.24, 2.45) is 5.92 Å². The fraction of sp³-hybridized carbons (Fsp3) is 0.429. The number of fused-ring (bicyclic) bond motifs is 3. The highest BCUT2D eigenvalue weighted by atomic mass is 16.1. The number of carbonyl (C=O) groups excluding carboxylic acids is 1. The van der Waals surface area contributed by atoms with Crippen LogP contribution in [0, 0.1) is 5.92 Å². The second-order valence-electron chi connectivity index (χ2n) is 7.75. The molecule has 1 aliphatic carbocycles. The van der Waals surface area contributed by atoms with Gasteiger partial charge in [-0.3, -0.25) is 9.78 Å². The van der Waals surface area contributed by atoms with Gasteiger partial charge in [-0.05, 0) is 43.2 Å². The quantitative estimate of drug-likeness (QED) is 0.779. The molecule has 138 valence electrons. The minimum absolute atomic E-state index is 0.0331. The average Bonchev–Trinajstić information content (AvgIpc) is 3.28. The summed E-state index contributed by atoms with van der Waals surface area (Å²) in [6.45, 7) is 3.60. The molecule has 0 saturated heterocycles. The van der Waals surface area contributed by atoms with Crippen molar-refractivity contribution in [1.29, 1.82) is 0 Å². The highest BCUT2D eigenvalue weighted by Gasteiger charge is 2.25. The minimum Gasteiger partial charge on any atom is -0.345 e. The number of rotatable bonds is 3. The predicted octanol–water partition coefficient (Wildman–Crippen LogP) is 2.83. The predicted molar refractivity (Wildman–Crippen MR) is 102 cm³/mol. The van der Waals surface area contributed by atoms with Crippen molar-refractivity contribution >= 4 is 16.8 Å². The number of aryl methyl sites for hydroxylation is 2. The highest BCUT2D eigenvalue weighted by molar-refractivity contribution is 6.07. The third-order valence-corrected chi connectivity index (χ3v) is 5.83. The fourth-order valence-corrected chi connectivity index (χ4v) is 4.41. The van der Waals surface area contributed by atoms with Crippen molar-refractivity contribution in [3.05, 3.63) is 52.7 Å². The number of pyridine rings is 1.